The van der Waals surface area contributed by atoms with Crippen LogP contribution in [0.15, 0.2) is 58.7 Å². The van der Waals surface area contributed by atoms with E-state index in [1.807, 2.05) is 19.9 Å². The van der Waals surface area contributed by atoms with Crippen LogP contribution >= 0.6 is 0 Å². The summed E-state index contributed by atoms with van der Waals surface area (Å²) in [5, 5.41) is 0. The molecule has 2 aromatic carbocycles. The van der Waals surface area contributed by atoms with Crippen LogP contribution in [0.4, 0.5) is 4.39 Å². The molecule has 1 aliphatic heterocycles. The summed E-state index contributed by atoms with van der Waals surface area (Å²) < 4.78 is 30.1. The Morgan fingerprint density at radius 3 is 2.52 bits per heavy atom. The van der Waals surface area contributed by atoms with Gasteiger partial charge in [-0.25, -0.2) is 4.39 Å². The molecule has 0 spiro atoms. The van der Waals surface area contributed by atoms with E-state index in [1.54, 1.807) is 36.4 Å². The lowest BCUT2D eigenvalue weighted by atomic mass is 10.1. The number of Topliss-reactive ketones (excluding diaryl/α,β-unsaturated/α-hetero) is 1. The van der Waals surface area contributed by atoms with E-state index in [0.717, 1.165) is 16.9 Å². The number of allylic oxidation sites excluding steroid dienone is 1. The van der Waals surface area contributed by atoms with Crippen LogP contribution in [0.25, 0.3) is 6.08 Å². The van der Waals surface area contributed by atoms with Gasteiger partial charge in [0.05, 0.1) is 5.56 Å². The average Bonchev–Trinajstić information content (AvgIpc) is 3.20. The van der Waals surface area contributed by atoms with E-state index < -0.39 is 0 Å². The Morgan fingerprint density at radius 2 is 1.81 bits per heavy atom. The van der Waals surface area contributed by atoms with Crippen molar-refractivity contribution in [2.24, 2.45) is 0 Å². The van der Waals surface area contributed by atoms with Gasteiger partial charge in [0.15, 0.2) is 5.76 Å². The predicted molar refractivity (Wildman–Crippen MR) is 98.3 cm³/mol. The van der Waals surface area contributed by atoms with Crippen LogP contribution in [0.3, 0.4) is 0 Å². The minimum absolute atomic E-state index is 0.188. The van der Waals surface area contributed by atoms with Gasteiger partial charge in [-0.15, -0.1) is 0 Å². The fourth-order valence-corrected chi connectivity index (χ4v) is 2.93. The van der Waals surface area contributed by atoms with Gasteiger partial charge >= 0.3 is 0 Å². The molecule has 0 atom stereocenters. The van der Waals surface area contributed by atoms with Gasteiger partial charge in [0.1, 0.15) is 35.4 Å². The van der Waals surface area contributed by atoms with E-state index in [2.05, 4.69) is 0 Å². The number of carbonyl (C=O) groups excluding carboxylic acids is 1. The number of aryl methyl sites for hydroxylation is 1. The molecule has 2 heterocycles. The lowest BCUT2D eigenvalue weighted by Gasteiger charge is -2.11. The Labute approximate surface area is 155 Å². The first-order chi connectivity index (χ1) is 13.0. The molecule has 136 valence electrons. The summed E-state index contributed by atoms with van der Waals surface area (Å²) in [4.78, 5) is 12.6. The molecular formula is C22H17FO4. The van der Waals surface area contributed by atoms with Crippen LogP contribution in [0.5, 0.6) is 11.5 Å². The fraction of sp³-hybridized carbons (Fsp3) is 0.136. The van der Waals surface area contributed by atoms with Crippen molar-refractivity contribution < 1.29 is 23.1 Å². The fourth-order valence-electron chi connectivity index (χ4n) is 2.93. The number of benzene rings is 2. The average molecular weight is 364 g/mol. The largest absolute Gasteiger partial charge is 0.488 e. The summed E-state index contributed by atoms with van der Waals surface area (Å²) in [5.74, 6) is 2.18. The molecule has 27 heavy (non-hydrogen) atoms. The zero-order chi connectivity index (χ0) is 19.0. The maximum atomic E-state index is 13.0. The number of ketones is 1. The van der Waals surface area contributed by atoms with Crippen molar-refractivity contribution in [3.63, 3.8) is 0 Å². The summed E-state index contributed by atoms with van der Waals surface area (Å²) >= 11 is 0. The third-order valence-electron chi connectivity index (χ3n) is 4.38. The first-order valence-electron chi connectivity index (χ1n) is 8.53. The molecule has 0 saturated carbocycles. The molecule has 4 rings (SSSR count). The minimum atomic E-state index is -0.287. The quantitative estimate of drug-likeness (QED) is 0.595. The van der Waals surface area contributed by atoms with Crippen LogP contribution in [0, 0.1) is 19.7 Å². The highest BCUT2D eigenvalue weighted by Crippen LogP contribution is 2.39. The standard InChI is InChI=1S/C22H17FO4/c1-13-3-8-17(26-13)11-20-21(24)18-9-10-19(14(2)22(18)27-20)25-12-15-4-6-16(23)7-5-15/h3-11H,12H2,1-2H3/b20-11-. The molecule has 3 aromatic rings. The first-order valence-corrected chi connectivity index (χ1v) is 8.53. The third kappa shape index (κ3) is 3.36. The summed E-state index contributed by atoms with van der Waals surface area (Å²) in [7, 11) is 0. The van der Waals surface area contributed by atoms with Crippen LogP contribution in [-0.4, -0.2) is 5.78 Å². The van der Waals surface area contributed by atoms with Gasteiger partial charge in [0.25, 0.3) is 0 Å². The van der Waals surface area contributed by atoms with E-state index in [0.29, 0.717) is 29.4 Å². The van der Waals surface area contributed by atoms with Gasteiger partial charge in [-0.1, -0.05) is 12.1 Å². The molecule has 0 amide bonds. The monoisotopic (exact) mass is 364 g/mol. The molecule has 0 unspecified atom stereocenters. The first kappa shape index (κ1) is 17.1. The number of carbonyl (C=O) groups is 1. The lowest BCUT2D eigenvalue weighted by Crippen LogP contribution is -1.98. The third-order valence-corrected chi connectivity index (χ3v) is 4.38. The second-order valence-electron chi connectivity index (χ2n) is 6.37. The van der Waals surface area contributed by atoms with E-state index >= 15 is 0 Å². The maximum Gasteiger partial charge on any atom is 0.232 e. The van der Waals surface area contributed by atoms with Crippen molar-refractivity contribution in [1.82, 2.24) is 0 Å². The van der Waals surface area contributed by atoms with Crippen molar-refractivity contribution in [2.75, 3.05) is 0 Å². The molecule has 5 heteroatoms. The Hall–Kier alpha value is -3.34. The van der Waals surface area contributed by atoms with Gasteiger partial charge < -0.3 is 13.9 Å². The number of furan rings is 1. The van der Waals surface area contributed by atoms with Gasteiger partial charge in [-0.2, -0.15) is 0 Å². The molecule has 1 aliphatic rings. The molecule has 1 aromatic heterocycles. The summed E-state index contributed by atoms with van der Waals surface area (Å²) in [6.07, 6.45) is 1.59. The molecule has 0 fully saturated rings. The highest BCUT2D eigenvalue weighted by Gasteiger charge is 2.30. The zero-order valence-corrected chi connectivity index (χ0v) is 14.9. The van der Waals surface area contributed by atoms with E-state index in [-0.39, 0.29) is 17.4 Å². The maximum absolute atomic E-state index is 13.0. The highest BCUT2D eigenvalue weighted by atomic mass is 19.1. The molecule has 0 radical (unpaired) electrons. The summed E-state index contributed by atoms with van der Waals surface area (Å²) in [5.41, 5.74) is 2.08. The topological polar surface area (TPSA) is 48.7 Å². The van der Waals surface area contributed by atoms with Crippen LogP contribution in [0.1, 0.15) is 33.0 Å². The molecule has 0 saturated heterocycles. The lowest BCUT2D eigenvalue weighted by molar-refractivity contribution is 0.101. The Kier molecular flexibility index (Phi) is 4.28. The van der Waals surface area contributed by atoms with Gasteiger partial charge in [0, 0.05) is 11.6 Å². The van der Waals surface area contributed by atoms with Crippen molar-refractivity contribution >= 4 is 11.9 Å². The van der Waals surface area contributed by atoms with Gasteiger partial charge in [0.2, 0.25) is 5.78 Å². The van der Waals surface area contributed by atoms with Crippen molar-refractivity contribution in [3.8, 4) is 11.5 Å². The van der Waals surface area contributed by atoms with E-state index in [1.165, 1.54) is 12.1 Å². The smallest absolute Gasteiger partial charge is 0.232 e. The molecule has 0 bridgehead atoms. The number of fused-ring (bicyclic) bond motifs is 1. The predicted octanol–water partition coefficient (Wildman–Crippen LogP) is 5.23. The molecule has 0 N–H and O–H groups in total. The summed E-state index contributed by atoms with van der Waals surface area (Å²) in [6.45, 7) is 3.97. The van der Waals surface area contributed by atoms with Crippen LogP contribution in [-0.2, 0) is 6.61 Å². The van der Waals surface area contributed by atoms with Crippen LogP contribution in [0.2, 0.25) is 0 Å². The van der Waals surface area contributed by atoms with Crippen LogP contribution < -0.4 is 9.47 Å². The molecule has 4 nitrogen and oxygen atoms in total. The van der Waals surface area contributed by atoms with Crippen molar-refractivity contribution in [3.05, 3.63) is 88.3 Å². The molecule has 0 aliphatic carbocycles. The Morgan fingerprint density at radius 1 is 1.04 bits per heavy atom. The number of hydrogen-bond donors (Lipinski definition) is 0. The minimum Gasteiger partial charge on any atom is -0.488 e. The van der Waals surface area contributed by atoms with Gasteiger partial charge in [-0.3, -0.25) is 4.79 Å². The Balaban J connectivity index is 1.56. The second-order valence-corrected chi connectivity index (χ2v) is 6.37. The summed E-state index contributed by atoms with van der Waals surface area (Å²) in [6, 6.07) is 13.2. The van der Waals surface area contributed by atoms with E-state index in [4.69, 9.17) is 13.9 Å². The SMILES string of the molecule is Cc1ccc(/C=C2\Oc3c(ccc(OCc4ccc(F)cc4)c3C)C2=O)o1. The number of rotatable bonds is 4. The number of hydrogen-bond acceptors (Lipinski definition) is 4. The van der Waals surface area contributed by atoms with Gasteiger partial charge in [-0.05, 0) is 55.8 Å². The second kappa shape index (κ2) is 6.76. The zero-order valence-electron chi connectivity index (χ0n) is 14.9. The van der Waals surface area contributed by atoms with Crippen molar-refractivity contribution in [2.45, 2.75) is 20.5 Å². The van der Waals surface area contributed by atoms with Crippen molar-refractivity contribution in [1.29, 1.82) is 0 Å². The number of ether oxygens (including phenoxy) is 2. The molecular weight excluding hydrogens is 347 g/mol. The van der Waals surface area contributed by atoms with E-state index in [9.17, 15) is 9.18 Å². The number of halogens is 1. The normalized spacial score (nSPS) is 14.3. The highest BCUT2D eigenvalue weighted by molar-refractivity contribution is 6.14. The Bertz CT molecular complexity index is 1040.